The van der Waals surface area contributed by atoms with Crippen LogP contribution in [0.5, 0.6) is 5.75 Å². The molecular formula is C24H29N3O4S2. The number of aromatic nitrogens is 1. The molecule has 0 saturated carbocycles. The molecule has 0 spiro atoms. The Hall–Kier alpha value is -2.65. The van der Waals surface area contributed by atoms with E-state index in [9.17, 15) is 13.2 Å². The highest BCUT2D eigenvalue weighted by atomic mass is 32.2. The van der Waals surface area contributed by atoms with Crippen molar-refractivity contribution >= 4 is 42.4 Å². The predicted molar refractivity (Wildman–Crippen MR) is 132 cm³/mol. The molecule has 1 aliphatic heterocycles. The van der Waals surface area contributed by atoms with Gasteiger partial charge in [-0.15, -0.1) is 0 Å². The normalized spacial score (nSPS) is 14.6. The number of anilines is 1. The van der Waals surface area contributed by atoms with Gasteiger partial charge in [-0.25, -0.2) is 13.4 Å². The lowest BCUT2D eigenvalue weighted by atomic mass is 10.1. The molecule has 0 N–H and O–H groups in total. The van der Waals surface area contributed by atoms with Crippen LogP contribution in [0.1, 0.15) is 25.3 Å². The summed E-state index contributed by atoms with van der Waals surface area (Å²) in [6.45, 7) is 4.86. The molecule has 0 radical (unpaired) electrons. The number of methoxy groups -OCH3 is 1. The summed E-state index contributed by atoms with van der Waals surface area (Å²) < 4.78 is 31.3. The number of hydrogen-bond acceptors (Lipinski definition) is 7. The maximum atomic E-state index is 12.7. The average Bonchev–Trinajstić information content (AvgIpc) is 3.28. The van der Waals surface area contributed by atoms with Gasteiger partial charge in [-0.05, 0) is 48.7 Å². The molecule has 1 amide bonds. The van der Waals surface area contributed by atoms with Gasteiger partial charge in [0.2, 0.25) is 5.91 Å². The molecule has 176 valence electrons. The zero-order valence-corrected chi connectivity index (χ0v) is 20.6. The molecule has 0 bridgehead atoms. The number of fused-ring (bicyclic) bond motifs is 1. The van der Waals surface area contributed by atoms with Crippen molar-refractivity contribution in [3.05, 3.63) is 48.0 Å². The summed E-state index contributed by atoms with van der Waals surface area (Å²) in [7, 11) is -1.88. The summed E-state index contributed by atoms with van der Waals surface area (Å²) in [6.07, 6.45) is 1.50. The lowest BCUT2D eigenvalue weighted by molar-refractivity contribution is -0.131. The zero-order valence-electron chi connectivity index (χ0n) is 19.0. The number of ether oxygens (including phenoxy) is 1. The zero-order chi connectivity index (χ0) is 23.4. The molecule has 1 saturated heterocycles. The molecule has 2 aromatic carbocycles. The number of piperazine rings is 1. The minimum absolute atomic E-state index is 0.0113. The fourth-order valence-corrected chi connectivity index (χ4v) is 6.41. The fraction of sp³-hybridized carbons (Fsp3) is 0.417. The van der Waals surface area contributed by atoms with Gasteiger partial charge in [0, 0.05) is 32.6 Å². The highest BCUT2D eigenvalue weighted by molar-refractivity contribution is 7.91. The van der Waals surface area contributed by atoms with Crippen LogP contribution < -0.4 is 9.64 Å². The Morgan fingerprint density at radius 1 is 1.09 bits per heavy atom. The quantitative estimate of drug-likeness (QED) is 0.481. The minimum atomic E-state index is -3.42. The number of aryl methyl sites for hydroxylation is 1. The van der Waals surface area contributed by atoms with Crippen molar-refractivity contribution in [1.82, 2.24) is 9.88 Å². The molecule has 0 aliphatic carbocycles. The van der Waals surface area contributed by atoms with E-state index in [-0.39, 0.29) is 23.0 Å². The molecule has 0 unspecified atom stereocenters. The first kappa shape index (κ1) is 23.5. The molecule has 33 heavy (non-hydrogen) atoms. The van der Waals surface area contributed by atoms with Crippen molar-refractivity contribution in [2.75, 3.05) is 43.9 Å². The SMILES string of the molecule is CCc1cccc2sc(N3CCN(C(=O)CCCS(=O)(=O)c4ccc(OC)cc4)CC3)nc12. The van der Waals surface area contributed by atoms with Gasteiger partial charge in [0.15, 0.2) is 15.0 Å². The van der Waals surface area contributed by atoms with Gasteiger partial charge >= 0.3 is 0 Å². The number of sulfone groups is 1. The van der Waals surface area contributed by atoms with Crippen LogP contribution in [-0.2, 0) is 21.1 Å². The van der Waals surface area contributed by atoms with Gasteiger partial charge in [-0.1, -0.05) is 30.4 Å². The van der Waals surface area contributed by atoms with Gasteiger partial charge in [-0.2, -0.15) is 0 Å². The van der Waals surface area contributed by atoms with Crippen molar-refractivity contribution in [2.45, 2.75) is 31.1 Å². The summed E-state index contributed by atoms with van der Waals surface area (Å²) in [5, 5.41) is 1.00. The predicted octanol–water partition coefficient (Wildman–Crippen LogP) is 3.77. The van der Waals surface area contributed by atoms with Gasteiger partial charge in [-0.3, -0.25) is 4.79 Å². The Balaban J connectivity index is 1.28. The highest BCUT2D eigenvalue weighted by Crippen LogP contribution is 2.31. The second-order valence-corrected chi connectivity index (χ2v) is 11.2. The number of carbonyl (C=O) groups excluding carboxylic acids is 1. The standard InChI is InChI=1S/C24H29N3O4S2/c1-3-18-6-4-7-21-23(18)25-24(32-21)27-15-13-26(14-16-27)22(28)8-5-17-33(29,30)20-11-9-19(31-2)10-12-20/h4,6-7,9-12H,3,5,8,13-17H2,1-2H3. The van der Waals surface area contributed by atoms with Crippen LogP contribution in [0.3, 0.4) is 0 Å². The Bertz CT molecular complexity index is 1210. The van der Waals surface area contributed by atoms with Gasteiger partial charge in [0.05, 0.1) is 28.0 Å². The lowest BCUT2D eigenvalue weighted by Crippen LogP contribution is -2.48. The van der Waals surface area contributed by atoms with Crippen molar-refractivity contribution in [3.8, 4) is 5.75 Å². The molecule has 9 heteroatoms. The van der Waals surface area contributed by atoms with Crippen LogP contribution in [0, 0.1) is 0 Å². The van der Waals surface area contributed by atoms with E-state index >= 15 is 0 Å². The first-order chi connectivity index (χ1) is 15.9. The number of benzene rings is 2. The van der Waals surface area contributed by atoms with E-state index in [0.29, 0.717) is 25.3 Å². The lowest BCUT2D eigenvalue weighted by Gasteiger charge is -2.34. The van der Waals surface area contributed by atoms with Crippen LogP contribution in [0.25, 0.3) is 10.2 Å². The summed E-state index contributed by atoms with van der Waals surface area (Å²) in [6, 6.07) is 12.7. The van der Waals surface area contributed by atoms with E-state index in [1.54, 1.807) is 35.6 Å². The van der Waals surface area contributed by atoms with E-state index in [4.69, 9.17) is 9.72 Å². The second-order valence-electron chi connectivity index (χ2n) is 8.08. The highest BCUT2D eigenvalue weighted by Gasteiger charge is 2.24. The smallest absolute Gasteiger partial charge is 0.222 e. The maximum Gasteiger partial charge on any atom is 0.222 e. The molecule has 0 atom stereocenters. The Kier molecular flexibility index (Phi) is 7.19. The number of hydrogen-bond donors (Lipinski definition) is 0. The summed E-state index contributed by atoms with van der Waals surface area (Å²) >= 11 is 1.70. The van der Waals surface area contributed by atoms with Crippen molar-refractivity contribution in [1.29, 1.82) is 0 Å². The third kappa shape index (κ3) is 5.30. The number of nitrogens with zero attached hydrogens (tertiary/aromatic N) is 3. The number of carbonyl (C=O) groups is 1. The number of thiazole rings is 1. The first-order valence-electron chi connectivity index (χ1n) is 11.2. The number of para-hydroxylation sites is 1. The van der Waals surface area contributed by atoms with Gasteiger partial charge < -0.3 is 14.5 Å². The Morgan fingerprint density at radius 2 is 1.82 bits per heavy atom. The third-order valence-electron chi connectivity index (χ3n) is 6.00. The molecule has 3 aromatic rings. The molecule has 1 aliphatic rings. The number of rotatable bonds is 8. The largest absolute Gasteiger partial charge is 0.497 e. The number of amides is 1. The maximum absolute atomic E-state index is 12.7. The third-order valence-corrected chi connectivity index (χ3v) is 8.90. The summed E-state index contributed by atoms with van der Waals surface area (Å²) in [5.41, 5.74) is 2.34. The van der Waals surface area contributed by atoms with Crippen LogP contribution >= 0.6 is 11.3 Å². The molecule has 4 rings (SSSR count). The van der Waals surface area contributed by atoms with E-state index in [2.05, 4.69) is 30.0 Å². The van der Waals surface area contributed by atoms with Crippen molar-refractivity contribution < 1.29 is 17.9 Å². The summed E-state index contributed by atoms with van der Waals surface area (Å²) in [4.78, 5) is 21.8. The van der Waals surface area contributed by atoms with Crippen molar-refractivity contribution in [3.63, 3.8) is 0 Å². The van der Waals surface area contributed by atoms with Crippen LogP contribution in [-0.4, -0.2) is 63.3 Å². The topological polar surface area (TPSA) is 79.8 Å². The fourth-order valence-electron chi connectivity index (χ4n) is 4.03. The summed E-state index contributed by atoms with van der Waals surface area (Å²) in [5.74, 6) is 0.577. The van der Waals surface area contributed by atoms with Gasteiger partial charge in [0.1, 0.15) is 5.75 Å². The second kappa shape index (κ2) is 10.1. The van der Waals surface area contributed by atoms with Crippen LogP contribution in [0.4, 0.5) is 5.13 Å². The average molecular weight is 488 g/mol. The molecule has 1 aromatic heterocycles. The van der Waals surface area contributed by atoms with Crippen LogP contribution in [0.15, 0.2) is 47.4 Å². The van der Waals surface area contributed by atoms with E-state index in [0.717, 1.165) is 30.2 Å². The molecular weight excluding hydrogens is 458 g/mol. The van der Waals surface area contributed by atoms with E-state index in [1.165, 1.54) is 17.4 Å². The minimum Gasteiger partial charge on any atom is -0.497 e. The van der Waals surface area contributed by atoms with Gasteiger partial charge in [0.25, 0.3) is 0 Å². The molecule has 1 fully saturated rings. The van der Waals surface area contributed by atoms with E-state index < -0.39 is 9.84 Å². The van der Waals surface area contributed by atoms with E-state index in [1.807, 2.05) is 4.90 Å². The van der Waals surface area contributed by atoms with Crippen LogP contribution in [0.2, 0.25) is 0 Å². The first-order valence-corrected chi connectivity index (χ1v) is 13.7. The monoisotopic (exact) mass is 487 g/mol. The molecule has 2 heterocycles. The Labute approximate surface area is 198 Å². The van der Waals surface area contributed by atoms with Crippen molar-refractivity contribution in [2.24, 2.45) is 0 Å². The Morgan fingerprint density at radius 3 is 2.48 bits per heavy atom. The molecule has 7 nitrogen and oxygen atoms in total.